The second-order valence-electron chi connectivity index (χ2n) is 8.44. The van der Waals surface area contributed by atoms with Gasteiger partial charge in [-0.15, -0.1) is 0 Å². The first kappa shape index (κ1) is 21.5. The smallest absolute Gasteiger partial charge is 0.252 e. The van der Waals surface area contributed by atoms with E-state index in [1.165, 1.54) is 0 Å². The van der Waals surface area contributed by atoms with E-state index in [2.05, 4.69) is 20.3 Å². The number of nitrogens with two attached hydrogens (primary N) is 1. The minimum atomic E-state index is -0.851. The maximum atomic E-state index is 12.7. The molecule has 3 aromatic rings. The molecule has 2 fully saturated rings. The topological polar surface area (TPSA) is 126 Å². The molecule has 4 heterocycles. The van der Waals surface area contributed by atoms with Gasteiger partial charge in [0.05, 0.1) is 6.33 Å². The fraction of sp³-hybridized carbons (Fsp3) is 0.391. The van der Waals surface area contributed by atoms with Crippen LogP contribution in [0, 0.1) is 0 Å². The molecule has 3 N–H and O–H groups in total. The summed E-state index contributed by atoms with van der Waals surface area (Å²) in [7, 11) is 0. The van der Waals surface area contributed by atoms with E-state index >= 15 is 0 Å². The number of likely N-dealkylation sites (N-methyl/N-ethyl adjacent to an activating group) is 1. The average molecular weight is 450 g/mol. The van der Waals surface area contributed by atoms with Gasteiger partial charge in [0.2, 0.25) is 0 Å². The Morgan fingerprint density at radius 3 is 2.70 bits per heavy atom. The lowest BCUT2D eigenvalue weighted by Crippen LogP contribution is -2.42. The molecule has 10 heteroatoms. The number of nitrogens with zero attached hydrogens (tertiary/aromatic N) is 4. The lowest BCUT2D eigenvalue weighted by atomic mass is 10.1. The summed E-state index contributed by atoms with van der Waals surface area (Å²) in [5, 5.41) is 2.80. The number of hydrogen-bond donors (Lipinski definition) is 2. The first-order chi connectivity index (χ1) is 15.9. The summed E-state index contributed by atoms with van der Waals surface area (Å²) in [5.74, 6) is -0.410. The number of aromatic nitrogens is 4. The van der Waals surface area contributed by atoms with Gasteiger partial charge >= 0.3 is 0 Å². The largest absolute Gasteiger partial charge is 0.382 e. The van der Waals surface area contributed by atoms with Crippen molar-refractivity contribution in [1.82, 2.24) is 24.8 Å². The van der Waals surface area contributed by atoms with E-state index in [0.717, 1.165) is 5.56 Å². The standard InChI is InChI=1S/C23H26N6O4/c1-4-25-21(30)17-16-18(33-23(2,3)32-16)22(31-17)29-12-26-15-19(24)27-14(28-20(15)29)11-10-13-8-6-5-7-9-13/h5-12,16-18,22H,4H2,1-3H3,(H,25,30)(H2,24,27,28)/b11-10+/t16-,17+,18-,22-/m1/s1. The molecular weight excluding hydrogens is 424 g/mol. The Bertz CT molecular complexity index is 1210. The van der Waals surface area contributed by atoms with Crippen molar-refractivity contribution < 1.29 is 19.0 Å². The van der Waals surface area contributed by atoms with E-state index in [1.54, 1.807) is 17.0 Å². The van der Waals surface area contributed by atoms with Gasteiger partial charge < -0.3 is 25.3 Å². The van der Waals surface area contributed by atoms with Gasteiger partial charge in [-0.1, -0.05) is 36.4 Å². The maximum absolute atomic E-state index is 12.7. The van der Waals surface area contributed by atoms with Gasteiger partial charge in [0.1, 0.15) is 17.7 Å². The number of benzene rings is 1. The van der Waals surface area contributed by atoms with E-state index in [0.29, 0.717) is 23.5 Å². The van der Waals surface area contributed by atoms with Crippen molar-refractivity contribution in [3.8, 4) is 0 Å². The molecule has 0 unspecified atom stereocenters. The number of amides is 1. The number of nitrogens with one attached hydrogen (secondary N) is 1. The van der Waals surface area contributed by atoms with Gasteiger partial charge in [0.15, 0.2) is 35.4 Å². The quantitative estimate of drug-likeness (QED) is 0.605. The molecule has 0 aliphatic carbocycles. The van der Waals surface area contributed by atoms with Crippen LogP contribution in [0.4, 0.5) is 5.82 Å². The summed E-state index contributed by atoms with van der Waals surface area (Å²) in [6.45, 7) is 5.97. The second kappa shape index (κ2) is 8.22. The summed E-state index contributed by atoms with van der Waals surface area (Å²) in [6.07, 6.45) is 2.69. The third kappa shape index (κ3) is 3.97. The highest BCUT2D eigenvalue weighted by atomic mass is 16.8. The van der Waals surface area contributed by atoms with Crippen molar-refractivity contribution in [2.24, 2.45) is 0 Å². The summed E-state index contributed by atoms with van der Waals surface area (Å²) in [4.78, 5) is 26.1. The zero-order chi connectivity index (χ0) is 23.2. The number of imidazole rings is 1. The van der Waals surface area contributed by atoms with Crippen LogP contribution in [0.15, 0.2) is 36.7 Å². The molecule has 172 valence electrons. The van der Waals surface area contributed by atoms with Crippen LogP contribution in [-0.4, -0.2) is 56.1 Å². The van der Waals surface area contributed by atoms with Gasteiger partial charge in [-0.3, -0.25) is 9.36 Å². The zero-order valence-corrected chi connectivity index (χ0v) is 18.6. The summed E-state index contributed by atoms with van der Waals surface area (Å²) >= 11 is 0. The van der Waals surface area contributed by atoms with Crippen LogP contribution in [0.3, 0.4) is 0 Å². The molecule has 33 heavy (non-hydrogen) atoms. The molecule has 4 atom stereocenters. The Hall–Kier alpha value is -3.34. The monoisotopic (exact) mass is 450 g/mol. The fourth-order valence-corrected chi connectivity index (χ4v) is 4.24. The number of hydrogen-bond acceptors (Lipinski definition) is 8. The minimum absolute atomic E-state index is 0.249. The van der Waals surface area contributed by atoms with Gasteiger partial charge in [0.25, 0.3) is 5.91 Å². The lowest BCUT2D eigenvalue weighted by molar-refractivity contribution is -0.197. The van der Waals surface area contributed by atoms with Crippen LogP contribution in [0.5, 0.6) is 0 Å². The minimum Gasteiger partial charge on any atom is -0.382 e. The molecule has 1 aromatic carbocycles. The van der Waals surface area contributed by atoms with Crippen LogP contribution < -0.4 is 11.1 Å². The third-order valence-corrected chi connectivity index (χ3v) is 5.60. The number of ether oxygens (including phenoxy) is 3. The molecule has 0 spiro atoms. The SMILES string of the molecule is CCNC(=O)[C@H]1O[C@@H](n2cnc3c(N)nc(/C=C/c4ccccc4)nc32)[C@@H]2OC(C)(C)O[C@@H]21. The zero-order valence-electron chi connectivity index (χ0n) is 18.6. The van der Waals surface area contributed by atoms with Crippen molar-refractivity contribution in [2.75, 3.05) is 12.3 Å². The van der Waals surface area contributed by atoms with Crippen molar-refractivity contribution in [3.05, 3.63) is 48.0 Å². The van der Waals surface area contributed by atoms with E-state index in [1.807, 2.05) is 57.2 Å². The maximum Gasteiger partial charge on any atom is 0.252 e. The Kier molecular flexibility index (Phi) is 5.35. The first-order valence-electron chi connectivity index (χ1n) is 10.9. The van der Waals surface area contributed by atoms with Crippen LogP contribution in [0.1, 0.15) is 38.4 Å². The first-order valence-corrected chi connectivity index (χ1v) is 10.9. The summed E-state index contributed by atoms with van der Waals surface area (Å²) in [5.41, 5.74) is 8.13. The molecule has 2 saturated heterocycles. The molecule has 10 nitrogen and oxygen atoms in total. The third-order valence-electron chi connectivity index (χ3n) is 5.60. The van der Waals surface area contributed by atoms with Crippen molar-refractivity contribution in [1.29, 1.82) is 0 Å². The van der Waals surface area contributed by atoms with Crippen molar-refractivity contribution in [2.45, 2.75) is 51.1 Å². The molecule has 0 saturated carbocycles. The average Bonchev–Trinajstić information content (AvgIpc) is 3.44. The van der Waals surface area contributed by atoms with Gasteiger partial charge in [-0.05, 0) is 32.4 Å². The van der Waals surface area contributed by atoms with Crippen LogP contribution in [0.25, 0.3) is 23.3 Å². The molecule has 2 aliphatic rings. The Morgan fingerprint density at radius 2 is 1.94 bits per heavy atom. The fourth-order valence-electron chi connectivity index (χ4n) is 4.24. The predicted octanol–water partition coefficient (Wildman–Crippen LogP) is 2.13. The number of fused-ring (bicyclic) bond motifs is 2. The van der Waals surface area contributed by atoms with E-state index < -0.39 is 30.3 Å². The molecule has 2 aliphatic heterocycles. The van der Waals surface area contributed by atoms with E-state index in [4.69, 9.17) is 19.9 Å². The Balaban J connectivity index is 1.52. The van der Waals surface area contributed by atoms with E-state index in [-0.39, 0.29) is 11.7 Å². The second-order valence-corrected chi connectivity index (χ2v) is 8.44. The number of carbonyl (C=O) groups is 1. The Labute approximate surface area is 190 Å². The van der Waals surface area contributed by atoms with Gasteiger partial charge in [-0.2, -0.15) is 0 Å². The van der Waals surface area contributed by atoms with Crippen molar-refractivity contribution >= 4 is 35.0 Å². The highest BCUT2D eigenvalue weighted by Gasteiger charge is 2.58. The molecule has 5 rings (SSSR count). The van der Waals surface area contributed by atoms with Crippen LogP contribution in [-0.2, 0) is 19.0 Å². The number of anilines is 1. The summed E-state index contributed by atoms with van der Waals surface area (Å²) < 4.78 is 20.0. The predicted molar refractivity (Wildman–Crippen MR) is 122 cm³/mol. The lowest BCUT2D eigenvalue weighted by Gasteiger charge is -2.24. The Morgan fingerprint density at radius 1 is 1.18 bits per heavy atom. The number of carbonyl (C=O) groups excluding carboxylic acids is 1. The molecule has 0 radical (unpaired) electrons. The highest BCUT2D eigenvalue weighted by molar-refractivity contribution is 5.84. The van der Waals surface area contributed by atoms with E-state index in [9.17, 15) is 4.79 Å². The van der Waals surface area contributed by atoms with Gasteiger partial charge in [-0.25, -0.2) is 15.0 Å². The number of nitrogen functional groups attached to an aromatic ring is 1. The molecular formula is C23H26N6O4. The number of rotatable bonds is 5. The highest BCUT2D eigenvalue weighted by Crippen LogP contribution is 2.44. The summed E-state index contributed by atoms with van der Waals surface area (Å²) in [6, 6.07) is 9.83. The molecule has 2 aromatic heterocycles. The van der Waals surface area contributed by atoms with Crippen LogP contribution >= 0.6 is 0 Å². The molecule has 1 amide bonds. The van der Waals surface area contributed by atoms with Crippen LogP contribution in [0.2, 0.25) is 0 Å². The molecule has 0 bridgehead atoms. The van der Waals surface area contributed by atoms with Gasteiger partial charge in [0, 0.05) is 6.54 Å². The normalized spacial score (nSPS) is 26.2. The van der Waals surface area contributed by atoms with Crippen molar-refractivity contribution in [3.63, 3.8) is 0 Å².